The average Bonchev–Trinajstić information content (AvgIpc) is 2.84. The van der Waals surface area contributed by atoms with Crippen LogP contribution in [0.4, 0.5) is 0 Å². The van der Waals surface area contributed by atoms with Crippen LogP contribution in [0.15, 0.2) is 30.5 Å². The minimum absolute atomic E-state index is 0.226. The molecule has 0 aliphatic heterocycles. The molecule has 0 saturated carbocycles. The van der Waals surface area contributed by atoms with Gasteiger partial charge in [-0.2, -0.15) is 0 Å². The Bertz CT molecular complexity index is 616. The van der Waals surface area contributed by atoms with Crippen LogP contribution in [0.5, 0.6) is 11.6 Å². The molecule has 6 heteroatoms. The van der Waals surface area contributed by atoms with E-state index < -0.39 is 0 Å². The van der Waals surface area contributed by atoms with Crippen LogP contribution in [0.3, 0.4) is 0 Å². The summed E-state index contributed by atoms with van der Waals surface area (Å²) in [4.78, 5) is 0.681. The molecule has 0 spiro atoms. The fourth-order valence-electron chi connectivity index (χ4n) is 1.94. The second kappa shape index (κ2) is 6.48. The van der Waals surface area contributed by atoms with Gasteiger partial charge in [0.1, 0.15) is 12.4 Å². The van der Waals surface area contributed by atoms with Crippen molar-refractivity contribution in [2.45, 2.75) is 26.4 Å². The lowest BCUT2D eigenvalue weighted by molar-refractivity contribution is 0.141. The Labute approximate surface area is 116 Å². The van der Waals surface area contributed by atoms with E-state index in [0.29, 0.717) is 16.5 Å². The summed E-state index contributed by atoms with van der Waals surface area (Å²) in [6, 6.07) is 7.11. The molecule has 1 N–H and O–H groups in total. The summed E-state index contributed by atoms with van der Waals surface area (Å²) >= 11 is 0. The van der Waals surface area contributed by atoms with Crippen molar-refractivity contribution in [2.75, 3.05) is 0 Å². The van der Waals surface area contributed by atoms with Crippen molar-refractivity contribution < 1.29 is 14.7 Å². The molecule has 2 aromatic rings. The lowest BCUT2D eigenvalue weighted by Gasteiger charge is -2.12. The second-order valence-corrected chi connectivity index (χ2v) is 4.20. The molecule has 2 rings (SSSR count). The molecule has 0 bridgehead atoms. The van der Waals surface area contributed by atoms with Crippen molar-refractivity contribution in [3.05, 3.63) is 41.6 Å². The van der Waals surface area contributed by atoms with E-state index in [-0.39, 0.29) is 6.61 Å². The molecule has 1 aromatic heterocycles. The van der Waals surface area contributed by atoms with Gasteiger partial charge in [-0.15, -0.1) is 10.1 Å². The number of hydrogen-bond donors (Lipinski definition) is 1. The first-order valence-electron chi connectivity index (χ1n) is 6.29. The van der Waals surface area contributed by atoms with Crippen molar-refractivity contribution >= 4 is 0 Å². The van der Waals surface area contributed by atoms with Crippen molar-refractivity contribution in [1.82, 2.24) is 9.94 Å². The van der Waals surface area contributed by atoms with E-state index >= 15 is 0 Å². The molecule has 0 unspecified atom stereocenters. The van der Waals surface area contributed by atoms with Crippen LogP contribution >= 0.6 is 0 Å². The summed E-state index contributed by atoms with van der Waals surface area (Å²) in [7, 11) is 0. The van der Waals surface area contributed by atoms with Crippen LogP contribution in [0, 0.1) is 11.5 Å². The summed E-state index contributed by atoms with van der Waals surface area (Å²) in [5.74, 6) is 0.795. The van der Waals surface area contributed by atoms with E-state index in [1.165, 1.54) is 6.20 Å². The lowest BCUT2D eigenvalue weighted by atomic mass is 10.0. The fraction of sp³-hybridized carbons (Fsp3) is 0.286. The van der Waals surface area contributed by atoms with Crippen LogP contribution in [-0.4, -0.2) is 15.2 Å². The van der Waals surface area contributed by atoms with Crippen molar-refractivity contribution in [3.63, 3.8) is 0 Å². The van der Waals surface area contributed by atoms with Crippen LogP contribution in [0.1, 0.15) is 24.5 Å². The lowest BCUT2D eigenvalue weighted by Crippen LogP contribution is -2.04. The van der Waals surface area contributed by atoms with E-state index in [1.54, 1.807) is 18.4 Å². The van der Waals surface area contributed by atoms with E-state index in [1.807, 2.05) is 12.1 Å². The number of aryl methyl sites for hydroxylation is 1. The van der Waals surface area contributed by atoms with Gasteiger partial charge in [0, 0.05) is 11.6 Å². The molecule has 0 saturated heterocycles. The molecular formula is C14H15N3O3. The third-order valence-electron chi connectivity index (χ3n) is 2.82. The maximum absolute atomic E-state index is 9.09. The molecule has 0 aliphatic rings. The SMILES string of the molecule is CCCc1cccc(OC#N)c1COc1ccn(O)n1. The molecule has 0 aliphatic carbocycles. The summed E-state index contributed by atoms with van der Waals surface area (Å²) in [6.45, 7) is 2.31. The third kappa shape index (κ3) is 3.20. The molecule has 0 atom stereocenters. The zero-order chi connectivity index (χ0) is 14.4. The monoisotopic (exact) mass is 273 g/mol. The van der Waals surface area contributed by atoms with Gasteiger partial charge in [-0.05, 0) is 18.1 Å². The first-order chi connectivity index (χ1) is 9.74. The van der Waals surface area contributed by atoms with Crippen molar-refractivity contribution in [2.24, 2.45) is 0 Å². The van der Waals surface area contributed by atoms with Gasteiger partial charge in [0.25, 0.3) is 6.26 Å². The first-order valence-corrected chi connectivity index (χ1v) is 6.29. The molecule has 20 heavy (non-hydrogen) atoms. The molecular weight excluding hydrogens is 258 g/mol. The minimum atomic E-state index is 0.226. The summed E-state index contributed by atoms with van der Waals surface area (Å²) < 4.78 is 10.5. The number of rotatable bonds is 6. The Balaban J connectivity index is 2.20. The highest BCUT2D eigenvalue weighted by atomic mass is 16.5. The number of hydrogen-bond acceptors (Lipinski definition) is 5. The number of benzene rings is 1. The van der Waals surface area contributed by atoms with Gasteiger partial charge in [0.05, 0.1) is 6.20 Å². The normalized spacial score (nSPS) is 10.0. The standard InChI is InChI=1S/C14H15N3O3/c1-2-4-11-5-3-6-13(20-10-15)12(11)9-19-14-7-8-17(18)16-14/h3,5-8,18H,2,4,9H2,1H3. The number of nitriles is 1. The number of aromatic nitrogens is 2. The molecule has 104 valence electrons. The Morgan fingerprint density at radius 3 is 2.90 bits per heavy atom. The van der Waals surface area contributed by atoms with Crippen LogP contribution in [-0.2, 0) is 13.0 Å². The van der Waals surface area contributed by atoms with Crippen molar-refractivity contribution in [1.29, 1.82) is 5.26 Å². The Morgan fingerprint density at radius 2 is 2.25 bits per heavy atom. The highest BCUT2D eigenvalue weighted by Crippen LogP contribution is 2.25. The van der Waals surface area contributed by atoms with Gasteiger partial charge < -0.3 is 14.7 Å². The molecule has 0 fully saturated rings. The molecule has 1 aromatic carbocycles. The molecule has 6 nitrogen and oxygen atoms in total. The van der Waals surface area contributed by atoms with Gasteiger partial charge >= 0.3 is 0 Å². The summed E-state index contributed by atoms with van der Waals surface area (Å²) in [5.41, 5.74) is 1.90. The third-order valence-corrected chi connectivity index (χ3v) is 2.82. The van der Waals surface area contributed by atoms with Gasteiger partial charge in [-0.25, -0.2) is 0 Å². The van der Waals surface area contributed by atoms with E-state index in [4.69, 9.17) is 19.9 Å². The average molecular weight is 273 g/mol. The van der Waals surface area contributed by atoms with Crippen LogP contribution in [0.2, 0.25) is 0 Å². The first kappa shape index (κ1) is 13.7. The van der Waals surface area contributed by atoms with Gasteiger partial charge in [0.2, 0.25) is 5.88 Å². The zero-order valence-corrected chi connectivity index (χ0v) is 11.1. The molecule has 0 amide bonds. The highest BCUT2D eigenvalue weighted by molar-refractivity contribution is 5.41. The van der Waals surface area contributed by atoms with Crippen LogP contribution in [0.25, 0.3) is 0 Å². The van der Waals surface area contributed by atoms with Gasteiger partial charge in [-0.1, -0.05) is 30.6 Å². The van der Waals surface area contributed by atoms with Gasteiger partial charge in [0.15, 0.2) is 0 Å². The topological polar surface area (TPSA) is 80.3 Å². The Morgan fingerprint density at radius 1 is 1.40 bits per heavy atom. The predicted octanol–water partition coefficient (Wildman–Crippen LogP) is 2.51. The molecule has 1 heterocycles. The van der Waals surface area contributed by atoms with Gasteiger partial charge in [-0.3, -0.25) is 0 Å². The maximum Gasteiger partial charge on any atom is 0.292 e. The Hall–Kier alpha value is -2.68. The van der Waals surface area contributed by atoms with Crippen molar-refractivity contribution in [3.8, 4) is 17.9 Å². The quantitative estimate of drug-likeness (QED) is 0.646. The van der Waals surface area contributed by atoms with Crippen LogP contribution < -0.4 is 9.47 Å². The summed E-state index contributed by atoms with van der Waals surface area (Å²) in [6.07, 6.45) is 4.91. The zero-order valence-electron chi connectivity index (χ0n) is 11.1. The largest absolute Gasteiger partial charge is 0.471 e. The predicted molar refractivity (Wildman–Crippen MR) is 70.4 cm³/mol. The number of ether oxygens (including phenoxy) is 2. The highest BCUT2D eigenvalue weighted by Gasteiger charge is 2.11. The maximum atomic E-state index is 9.09. The van der Waals surface area contributed by atoms with E-state index in [2.05, 4.69) is 12.0 Å². The fourth-order valence-corrected chi connectivity index (χ4v) is 1.94. The van der Waals surface area contributed by atoms with E-state index in [9.17, 15) is 0 Å². The minimum Gasteiger partial charge on any atom is -0.471 e. The number of nitrogens with zero attached hydrogens (tertiary/aromatic N) is 3. The summed E-state index contributed by atoms with van der Waals surface area (Å²) in [5, 5.41) is 21.5. The van der Waals surface area contributed by atoms with E-state index in [0.717, 1.165) is 24.0 Å². The molecule has 0 radical (unpaired) electrons. The second-order valence-electron chi connectivity index (χ2n) is 4.20. The smallest absolute Gasteiger partial charge is 0.292 e. The Kier molecular flexibility index (Phi) is 4.45.